The summed E-state index contributed by atoms with van der Waals surface area (Å²) >= 11 is 0. The highest BCUT2D eigenvalue weighted by molar-refractivity contribution is 5.91. The molecule has 1 atom stereocenters. The van der Waals surface area contributed by atoms with Gasteiger partial charge in [0, 0.05) is 49.8 Å². The highest BCUT2D eigenvalue weighted by Crippen LogP contribution is 2.43. The maximum Gasteiger partial charge on any atom is 0.297 e. The van der Waals surface area contributed by atoms with Gasteiger partial charge < -0.3 is 19.5 Å². The predicted molar refractivity (Wildman–Crippen MR) is 172 cm³/mol. The van der Waals surface area contributed by atoms with E-state index in [0.717, 1.165) is 45.6 Å². The molecule has 2 aromatic carbocycles. The summed E-state index contributed by atoms with van der Waals surface area (Å²) in [5.41, 5.74) is 9.09. The number of rotatable bonds is 7. The Bertz CT molecular complexity index is 2150. The molecule has 1 saturated heterocycles. The van der Waals surface area contributed by atoms with E-state index >= 15 is 0 Å². The molecule has 0 amide bonds. The van der Waals surface area contributed by atoms with Crippen LogP contribution in [0.25, 0.3) is 44.8 Å². The van der Waals surface area contributed by atoms with E-state index in [2.05, 4.69) is 37.0 Å². The van der Waals surface area contributed by atoms with Crippen LogP contribution in [-0.4, -0.2) is 65.8 Å². The van der Waals surface area contributed by atoms with E-state index in [1.165, 1.54) is 0 Å². The molecule has 0 radical (unpaired) electrons. The smallest absolute Gasteiger partial charge is 0.297 e. The number of hydrogen-bond acceptors (Lipinski definition) is 10. The number of benzene rings is 2. The summed E-state index contributed by atoms with van der Waals surface area (Å²) in [6.07, 6.45) is 1.51. The number of anilines is 2. The lowest BCUT2D eigenvalue weighted by Crippen LogP contribution is -2.21. The highest BCUT2D eigenvalue weighted by atomic mass is 19.3. The number of aliphatic hydroxyl groups excluding tert-OH is 2. The molecular formula is C35H31F2N7O3. The normalized spacial score (nSPS) is 16.6. The van der Waals surface area contributed by atoms with E-state index in [0.29, 0.717) is 72.0 Å². The monoisotopic (exact) mass is 635 g/mol. The van der Waals surface area contributed by atoms with Gasteiger partial charge in [-0.15, -0.1) is 0 Å². The number of aliphatic hydroxyl groups is 2. The SMILES string of the molecule is Cc1c(-c2nc3cc(CO)cnc3o2)cccc1-c1cccc2c1CCN2c1nc(C(F)F)nc2cc(CN3CC[C@@H](O)C3)cnc12. The summed E-state index contributed by atoms with van der Waals surface area (Å²) in [5, 5.41) is 19.4. The van der Waals surface area contributed by atoms with Gasteiger partial charge in [-0.05, 0) is 77.4 Å². The second-order valence-electron chi connectivity index (χ2n) is 12.1. The number of hydrogen-bond donors (Lipinski definition) is 2. The Kier molecular flexibility index (Phi) is 7.35. The molecule has 0 unspecified atom stereocenters. The van der Waals surface area contributed by atoms with Crippen molar-refractivity contribution in [2.24, 2.45) is 0 Å². The number of nitrogens with zero attached hydrogens (tertiary/aromatic N) is 7. The van der Waals surface area contributed by atoms with Crippen LogP contribution < -0.4 is 4.90 Å². The molecule has 2 aliphatic rings. The van der Waals surface area contributed by atoms with E-state index in [1.54, 1.807) is 24.5 Å². The molecule has 47 heavy (non-hydrogen) atoms. The van der Waals surface area contributed by atoms with Crippen molar-refractivity contribution in [1.29, 1.82) is 0 Å². The minimum absolute atomic E-state index is 0.133. The minimum Gasteiger partial charge on any atom is -0.418 e. The lowest BCUT2D eigenvalue weighted by atomic mass is 9.92. The van der Waals surface area contributed by atoms with Crippen molar-refractivity contribution in [2.45, 2.75) is 45.4 Å². The van der Waals surface area contributed by atoms with E-state index in [1.807, 2.05) is 36.1 Å². The van der Waals surface area contributed by atoms with Gasteiger partial charge in [0.25, 0.3) is 6.43 Å². The van der Waals surface area contributed by atoms with Gasteiger partial charge in [-0.3, -0.25) is 9.88 Å². The van der Waals surface area contributed by atoms with Gasteiger partial charge in [0.15, 0.2) is 11.6 Å². The fraction of sp³-hybridized carbons (Fsp3) is 0.286. The molecule has 0 aliphatic carbocycles. The third-order valence-corrected chi connectivity index (χ3v) is 9.06. The van der Waals surface area contributed by atoms with Gasteiger partial charge in [-0.1, -0.05) is 24.3 Å². The molecule has 12 heteroatoms. The number of likely N-dealkylation sites (tertiary alicyclic amines) is 1. The number of fused-ring (bicyclic) bond motifs is 3. The van der Waals surface area contributed by atoms with Gasteiger partial charge in [0.05, 0.1) is 18.2 Å². The van der Waals surface area contributed by atoms with E-state index in [-0.39, 0.29) is 12.7 Å². The maximum atomic E-state index is 14.1. The predicted octanol–water partition coefficient (Wildman–Crippen LogP) is 5.89. The van der Waals surface area contributed by atoms with Crippen LogP contribution in [0.2, 0.25) is 0 Å². The molecule has 2 N–H and O–H groups in total. The van der Waals surface area contributed by atoms with Gasteiger partial charge in [-0.2, -0.15) is 0 Å². The van der Waals surface area contributed by atoms with Crippen LogP contribution in [0.5, 0.6) is 0 Å². The maximum absolute atomic E-state index is 14.1. The number of aromatic nitrogens is 5. The van der Waals surface area contributed by atoms with Crippen molar-refractivity contribution in [1.82, 2.24) is 29.8 Å². The summed E-state index contributed by atoms with van der Waals surface area (Å²) < 4.78 is 34.2. The van der Waals surface area contributed by atoms with Crippen molar-refractivity contribution in [3.8, 4) is 22.6 Å². The summed E-state index contributed by atoms with van der Waals surface area (Å²) in [7, 11) is 0. The molecule has 0 spiro atoms. The quantitative estimate of drug-likeness (QED) is 0.219. The first-order chi connectivity index (χ1) is 22.9. The largest absolute Gasteiger partial charge is 0.418 e. The summed E-state index contributed by atoms with van der Waals surface area (Å²) in [5.74, 6) is 0.264. The van der Waals surface area contributed by atoms with E-state index < -0.39 is 12.2 Å². The van der Waals surface area contributed by atoms with Crippen molar-refractivity contribution in [3.05, 3.63) is 89.0 Å². The van der Waals surface area contributed by atoms with Gasteiger partial charge in [0.2, 0.25) is 11.6 Å². The van der Waals surface area contributed by atoms with Crippen LogP contribution in [0.3, 0.4) is 0 Å². The first kappa shape index (κ1) is 29.5. The van der Waals surface area contributed by atoms with Crippen LogP contribution in [0, 0.1) is 6.92 Å². The van der Waals surface area contributed by atoms with Crippen molar-refractivity contribution in [2.75, 3.05) is 24.5 Å². The van der Waals surface area contributed by atoms with Gasteiger partial charge >= 0.3 is 0 Å². The molecule has 0 saturated carbocycles. The molecule has 2 aliphatic heterocycles. The molecule has 1 fully saturated rings. The van der Waals surface area contributed by atoms with E-state index in [4.69, 9.17) is 9.40 Å². The zero-order valence-corrected chi connectivity index (χ0v) is 25.6. The van der Waals surface area contributed by atoms with Crippen molar-refractivity contribution < 1.29 is 23.4 Å². The fourth-order valence-corrected chi connectivity index (χ4v) is 6.78. The Morgan fingerprint density at radius 1 is 0.936 bits per heavy atom. The van der Waals surface area contributed by atoms with Crippen molar-refractivity contribution in [3.63, 3.8) is 0 Å². The first-order valence-electron chi connectivity index (χ1n) is 15.6. The first-order valence-corrected chi connectivity index (χ1v) is 15.6. The molecule has 238 valence electrons. The summed E-state index contributed by atoms with van der Waals surface area (Å²) in [6.45, 7) is 4.33. The Balaban J connectivity index is 1.17. The van der Waals surface area contributed by atoms with Crippen molar-refractivity contribution >= 4 is 33.8 Å². The van der Waals surface area contributed by atoms with Gasteiger partial charge in [0.1, 0.15) is 11.0 Å². The summed E-state index contributed by atoms with van der Waals surface area (Å²) in [4.78, 5) is 26.3. The number of alkyl halides is 2. The van der Waals surface area contributed by atoms with E-state index in [9.17, 15) is 19.0 Å². The topological polar surface area (TPSA) is 125 Å². The molecule has 4 aromatic heterocycles. The third-order valence-electron chi connectivity index (χ3n) is 9.06. The molecular weight excluding hydrogens is 604 g/mol. The Hall–Kier alpha value is -4.91. The molecule has 6 aromatic rings. The van der Waals surface area contributed by atoms with Crippen LogP contribution >= 0.6 is 0 Å². The van der Waals surface area contributed by atoms with Gasteiger partial charge in [-0.25, -0.2) is 28.7 Å². The molecule has 6 heterocycles. The highest BCUT2D eigenvalue weighted by Gasteiger charge is 2.29. The fourth-order valence-electron chi connectivity index (χ4n) is 6.78. The zero-order chi connectivity index (χ0) is 32.2. The zero-order valence-electron chi connectivity index (χ0n) is 25.6. The molecule has 0 bridgehead atoms. The second-order valence-corrected chi connectivity index (χ2v) is 12.1. The van der Waals surface area contributed by atoms with Crippen LogP contribution in [0.15, 0.2) is 65.3 Å². The standard InChI is InChI=1S/C35H31F2N7O3/c1-19-23(4-2-5-24(19)34-41-28-13-21(18-45)15-39-35(28)47-34)25-6-3-7-29-26(25)9-11-44(29)33-30-27(40-32(42-33)31(36)37)12-20(14-38-30)16-43-10-8-22(46)17-43/h2-7,12-15,22,31,45-46H,8-11,16-18H2,1H3/t22-/m1/s1. The molecule has 10 nitrogen and oxygen atoms in total. The Morgan fingerprint density at radius 2 is 1.72 bits per heavy atom. The minimum atomic E-state index is -2.84. The third kappa shape index (κ3) is 5.28. The second kappa shape index (κ2) is 11.7. The van der Waals surface area contributed by atoms with Crippen LogP contribution in [0.1, 0.15) is 40.9 Å². The average molecular weight is 636 g/mol. The Morgan fingerprint density at radius 3 is 2.53 bits per heavy atom. The lowest BCUT2D eigenvalue weighted by Gasteiger charge is -2.21. The number of halogens is 2. The average Bonchev–Trinajstić information content (AvgIpc) is 3.82. The molecule has 8 rings (SSSR count). The number of pyridine rings is 2. The lowest BCUT2D eigenvalue weighted by molar-refractivity contribution is 0.141. The number of β-amino-alcohol motifs (C(OH)–C–C–N with tert-alkyl or cyclic N) is 1. The Labute approximate surface area is 268 Å². The van der Waals surface area contributed by atoms with Crippen LogP contribution in [-0.2, 0) is 19.6 Å². The number of oxazole rings is 1. The summed E-state index contributed by atoms with van der Waals surface area (Å²) in [6, 6.07) is 15.6. The van der Waals surface area contributed by atoms with Crippen LogP contribution in [0.4, 0.5) is 20.3 Å².